The number of amides is 2. The molecule has 0 saturated carbocycles. The largest absolute Gasteiger partial charge is 0.350 e. The van der Waals surface area contributed by atoms with Crippen LogP contribution in [0.4, 0.5) is 5.69 Å². The monoisotopic (exact) mass is 540 g/mol. The van der Waals surface area contributed by atoms with Crippen molar-refractivity contribution in [3.05, 3.63) is 106 Å². The van der Waals surface area contributed by atoms with Crippen LogP contribution in [-0.4, -0.2) is 27.6 Å². The molecule has 1 aliphatic rings. The molecule has 0 aliphatic carbocycles. The van der Waals surface area contributed by atoms with E-state index in [1.54, 1.807) is 55.0 Å². The zero-order valence-electron chi connectivity index (χ0n) is 18.6. The van der Waals surface area contributed by atoms with E-state index < -0.39 is 23.6 Å². The summed E-state index contributed by atoms with van der Waals surface area (Å²) in [6, 6.07) is 17.8. The lowest BCUT2D eigenvalue weighted by atomic mass is 10.0. The fourth-order valence-electron chi connectivity index (χ4n) is 4.10. The summed E-state index contributed by atoms with van der Waals surface area (Å²) >= 11 is 12.1. The van der Waals surface area contributed by atoms with Gasteiger partial charge < -0.3 is 10.3 Å². The number of aromatic amines is 1. The number of fused-ring (bicyclic) bond motifs is 1. The first kappa shape index (κ1) is 25.4. The highest BCUT2D eigenvalue weighted by molar-refractivity contribution is 6.53. The van der Waals surface area contributed by atoms with Gasteiger partial charge in [-0.25, -0.2) is 4.98 Å². The van der Waals surface area contributed by atoms with Gasteiger partial charge in [0.2, 0.25) is 5.91 Å². The third kappa shape index (κ3) is 4.86. The molecular weight excluding hydrogens is 523 g/mol. The van der Waals surface area contributed by atoms with Crippen molar-refractivity contribution in [3.8, 4) is 11.3 Å². The average molecular weight is 542 g/mol. The Morgan fingerprint density at radius 2 is 1.75 bits per heavy atom. The number of aromatic nitrogens is 2. The Hall–Kier alpha value is -3.65. The van der Waals surface area contributed by atoms with Gasteiger partial charge in [-0.05, 0) is 47.0 Å². The Balaban J connectivity index is 0.00000304. The van der Waals surface area contributed by atoms with Crippen molar-refractivity contribution in [1.82, 2.24) is 15.3 Å². The highest BCUT2D eigenvalue weighted by atomic mass is 35.5. The third-order valence-corrected chi connectivity index (χ3v) is 6.24. The lowest BCUT2D eigenvalue weighted by Crippen LogP contribution is -2.43. The number of nitrogens with one attached hydrogen (secondary N) is 2. The predicted octanol–water partition coefficient (Wildman–Crippen LogP) is 5.39. The van der Waals surface area contributed by atoms with Gasteiger partial charge >= 0.3 is 0 Å². The molecular formula is C26H19Cl3N4O3. The normalized spacial score (nSPS) is 13.2. The molecule has 7 nitrogen and oxygen atoms in total. The van der Waals surface area contributed by atoms with Gasteiger partial charge in [0.15, 0.2) is 0 Å². The molecule has 0 bridgehead atoms. The van der Waals surface area contributed by atoms with E-state index in [2.05, 4.69) is 15.3 Å². The Kier molecular flexibility index (Phi) is 7.45. The molecule has 0 fully saturated rings. The summed E-state index contributed by atoms with van der Waals surface area (Å²) in [5.74, 6) is -1.93. The fraction of sp³-hybridized carbons (Fsp3) is 0.0769. The smallest absolute Gasteiger partial charge is 0.300 e. The van der Waals surface area contributed by atoms with E-state index in [4.69, 9.17) is 23.2 Å². The van der Waals surface area contributed by atoms with Crippen molar-refractivity contribution in [2.45, 2.75) is 12.6 Å². The molecule has 10 heteroatoms. The van der Waals surface area contributed by atoms with Crippen LogP contribution in [0, 0.1) is 0 Å². The third-order valence-electron chi connectivity index (χ3n) is 5.77. The number of anilines is 1. The average Bonchev–Trinajstić information content (AvgIpc) is 3.47. The summed E-state index contributed by atoms with van der Waals surface area (Å²) in [6.07, 6.45) is 3.26. The van der Waals surface area contributed by atoms with E-state index in [9.17, 15) is 14.4 Å². The first-order valence-corrected chi connectivity index (χ1v) is 11.5. The molecule has 0 spiro atoms. The summed E-state index contributed by atoms with van der Waals surface area (Å²) < 4.78 is 0. The van der Waals surface area contributed by atoms with Crippen LogP contribution in [0.5, 0.6) is 0 Å². The van der Waals surface area contributed by atoms with Gasteiger partial charge in [-0.15, -0.1) is 12.4 Å². The molecule has 2 amide bonds. The van der Waals surface area contributed by atoms with Crippen LogP contribution in [0.25, 0.3) is 11.3 Å². The molecule has 1 unspecified atom stereocenters. The van der Waals surface area contributed by atoms with Crippen LogP contribution >= 0.6 is 35.6 Å². The van der Waals surface area contributed by atoms with Crippen LogP contribution in [-0.2, 0) is 16.1 Å². The van der Waals surface area contributed by atoms with E-state index in [1.165, 1.54) is 11.0 Å². The number of ketones is 1. The van der Waals surface area contributed by atoms with Crippen molar-refractivity contribution < 1.29 is 14.4 Å². The summed E-state index contributed by atoms with van der Waals surface area (Å²) in [5.41, 5.74) is 3.52. The fourth-order valence-corrected chi connectivity index (χ4v) is 4.48. The number of H-pyrrole nitrogens is 1. The van der Waals surface area contributed by atoms with Crippen LogP contribution in [0.3, 0.4) is 0 Å². The molecule has 36 heavy (non-hydrogen) atoms. The number of nitrogens with zero attached hydrogens (tertiary/aromatic N) is 2. The molecule has 1 aliphatic heterocycles. The number of hydrogen-bond acceptors (Lipinski definition) is 4. The maximum absolute atomic E-state index is 13.5. The quantitative estimate of drug-likeness (QED) is 0.320. The molecule has 0 saturated heterocycles. The summed E-state index contributed by atoms with van der Waals surface area (Å²) in [4.78, 5) is 47.7. The van der Waals surface area contributed by atoms with E-state index in [1.807, 2.05) is 18.2 Å². The molecule has 2 N–H and O–H groups in total. The Labute approximate surface area is 222 Å². The second kappa shape index (κ2) is 10.5. The number of carbonyl (C=O) groups excluding carboxylic acids is 3. The van der Waals surface area contributed by atoms with Gasteiger partial charge in [-0.2, -0.15) is 0 Å². The second-order valence-corrected chi connectivity index (χ2v) is 8.88. The van der Waals surface area contributed by atoms with E-state index in [0.717, 1.165) is 16.8 Å². The van der Waals surface area contributed by atoms with E-state index in [0.29, 0.717) is 21.3 Å². The topological polar surface area (TPSA) is 95.2 Å². The van der Waals surface area contributed by atoms with Crippen LogP contribution < -0.4 is 10.2 Å². The lowest BCUT2D eigenvalue weighted by Gasteiger charge is -2.27. The highest BCUT2D eigenvalue weighted by Gasteiger charge is 2.43. The molecule has 3 aromatic carbocycles. The standard InChI is InChI=1S/C26H18Cl2N4O3.ClH/c27-18-3-1-2-15(10-18)12-30-25(34)23(17-6-4-16(5-7-17)21-13-29-14-31-21)32-22-9-8-19(28)11-20(22)24(33)26(32)35;/h1-11,13-14,23H,12H2,(H,29,31)(H,30,34);1H. The maximum atomic E-state index is 13.5. The van der Waals surface area contributed by atoms with Gasteiger partial charge in [0.1, 0.15) is 6.04 Å². The van der Waals surface area contributed by atoms with Gasteiger partial charge in [0.05, 0.1) is 29.5 Å². The van der Waals surface area contributed by atoms with Crippen LogP contribution in [0.2, 0.25) is 10.0 Å². The summed E-state index contributed by atoms with van der Waals surface area (Å²) in [5, 5.41) is 3.76. The van der Waals surface area contributed by atoms with Gasteiger partial charge in [-0.3, -0.25) is 19.3 Å². The zero-order chi connectivity index (χ0) is 24.5. The number of imidazole rings is 1. The summed E-state index contributed by atoms with van der Waals surface area (Å²) in [7, 11) is 0. The number of rotatable bonds is 6. The van der Waals surface area contributed by atoms with Crippen molar-refractivity contribution in [3.63, 3.8) is 0 Å². The minimum Gasteiger partial charge on any atom is -0.350 e. The Morgan fingerprint density at radius 1 is 1.00 bits per heavy atom. The highest BCUT2D eigenvalue weighted by Crippen LogP contribution is 2.38. The number of carbonyl (C=O) groups is 3. The number of Topliss-reactive ketones (excluding diaryl/α,β-unsaturated/α-hetero) is 1. The second-order valence-electron chi connectivity index (χ2n) is 8.00. The SMILES string of the molecule is Cl.O=C1C(=O)N(C(C(=O)NCc2cccc(Cl)c2)c2ccc(-c3cnc[nH]3)cc2)c2ccc(Cl)cc21. The van der Waals surface area contributed by atoms with Crippen LogP contribution in [0.1, 0.15) is 27.5 Å². The predicted molar refractivity (Wildman–Crippen MR) is 141 cm³/mol. The Bertz CT molecular complexity index is 1440. The Morgan fingerprint density at radius 3 is 2.44 bits per heavy atom. The number of hydrogen-bond donors (Lipinski definition) is 2. The molecule has 1 aromatic heterocycles. The zero-order valence-corrected chi connectivity index (χ0v) is 20.9. The molecule has 182 valence electrons. The minimum absolute atomic E-state index is 0. The molecule has 5 rings (SSSR count). The van der Waals surface area contributed by atoms with Gasteiger partial charge in [0, 0.05) is 16.6 Å². The first-order valence-electron chi connectivity index (χ1n) is 10.7. The molecule has 2 heterocycles. The van der Waals surface area contributed by atoms with Crippen molar-refractivity contribution in [2.24, 2.45) is 0 Å². The van der Waals surface area contributed by atoms with E-state index >= 15 is 0 Å². The minimum atomic E-state index is -1.08. The lowest BCUT2D eigenvalue weighted by molar-refractivity contribution is -0.125. The maximum Gasteiger partial charge on any atom is 0.300 e. The molecule has 4 aromatic rings. The number of benzene rings is 3. The van der Waals surface area contributed by atoms with Crippen LogP contribution in [0.15, 0.2) is 79.3 Å². The first-order chi connectivity index (χ1) is 16.9. The van der Waals surface area contributed by atoms with E-state index in [-0.39, 0.29) is 24.5 Å². The van der Waals surface area contributed by atoms with Crippen molar-refractivity contribution in [2.75, 3.05) is 4.90 Å². The van der Waals surface area contributed by atoms with Crippen molar-refractivity contribution >= 4 is 58.9 Å². The number of halogens is 3. The van der Waals surface area contributed by atoms with Gasteiger partial charge in [0.25, 0.3) is 11.7 Å². The van der Waals surface area contributed by atoms with Gasteiger partial charge in [-0.1, -0.05) is 59.6 Å². The summed E-state index contributed by atoms with van der Waals surface area (Å²) in [6.45, 7) is 0.200. The van der Waals surface area contributed by atoms with Crippen molar-refractivity contribution in [1.29, 1.82) is 0 Å². The molecule has 1 atom stereocenters. The molecule has 0 radical (unpaired) electrons.